The van der Waals surface area contributed by atoms with Crippen LogP contribution in [0.25, 0.3) is 10.8 Å². The van der Waals surface area contributed by atoms with E-state index in [1.807, 2.05) is 0 Å². The molecule has 0 atom stereocenters. The number of hydrogen-bond acceptors (Lipinski definition) is 3. The van der Waals surface area contributed by atoms with Crippen LogP contribution < -0.4 is 15.6 Å². The zero-order chi connectivity index (χ0) is 12.3. The van der Waals surface area contributed by atoms with Crippen molar-refractivity contribution in [1.82, 2.24) is 10.3 Å². The summed E-state index contributed by atoms with van der Waals surface area (Å²) >= 11 is 0. The first kappa shape index (κ1) is 11.2. The molecule has 0 saturated heterocycles. The molecule has 0 unspecified atom stereocenters. The molecule has 88 valence electrons. The molecule has 5 heteroatoms. The van der Waals surface area contributed by atoms with E-state index in [2.05, 4.69) is 10.3 Å². The van der Waals surface area contributed by atoms with Gasteiger partial charge >= 0.3 is 0 Å². The minimum absolute atomic E-state index is 0.0671. The van der Waals surface area contributed by atoms with Gasteiger partial charge in [-0.1, -0.05) is 6.07 Å². The van der Waals surface area contributed by atoms with E-state index in [1.54, 1.807) is 37.5 Å². The van der Waals surface area contributed by atoms with E-state index in [0.717, 1.165) is 0 Å². The van der Waals surface area contributed by atoms with Gasteiger partial charge in [0.1, 0.15) is 5.75 Å². The van der Waals surface area contributed by atoms with Crippen LogP contribution in [0.2, 0.25) is 0 Å². The number of benzene rings is 1. The fourth-order valence-electron chi connectivity index (χ4n) is 1.53. The van der Waals surface area contributed by atoms with E-state index < -0.39 is 0 Å². The Morgan fingerprint density at radius 3 is 2.94 bits per heavy atom. The predicted molar refractivity (Wildman–Crippen MR) is 64.1 cm³/mol. The highest BCUT2D eigenvalue weighted by Gasteiger charge is 2.05. The summed E-state index contributed by atoms with van der Waals surface area (Å²) in [5, 5.41) is 3.70. The van der Waals surface area contributed by atoms with Crippen molar-refractivity contribution in [2.45, 2.75) is 0 Å². The van der Waals surface area contributed by atoms with Gasteiger partial charge in [0.2, 0.25) is 0 Å². The van der Waals surface area contributed by atoms with Gasteiger partial charge < -0.3 is 15.0 Å². The Kier molecular flexibility index (Phi) is 3.09. The molecule has 2 N–H and O–H groups in total. The van der Waals surface area contributed by atoms with Crippen LogP contribution in [-0.4, -0.2) is 24.5 Å². The van der Waals surface area contributed by atoms with Gasteiger partial charge in [-0.25, -0.2) is 0 Å². The van der Waals surface area contributed by atoms with Gasteiger partial charge in [-0.15, -0.1) is 0 Å². The molecule has 0 spiro atoms. The standard InChI is InChI=1S/C12H12N2O3/c1-13-11(15)7-17-10-4-2-3-9-8(10)5-6-14-12(9)16/h2-6H,7H2,1H3,(H,13,15)(H,14,16). The summed E-state index contributed by atoms with van der Waals surface area (Å²) < 4.78 is 5.36. The monoisotopic (exact) mass is 232 g/mol. The van der Waals surface area contributed by atoms with Gasteiger partial charge in [0.15, 0.2) is 6.61 Å². The number of carbonyl (C=O) groups excluding carboxylic acids is 1. The average Bonchev–Trinajstić information content (AvgIpc) is 2.36. The third kappa shape index (κ3) is 2.28. The lowest BCUT2D eigenvalue weighted by Crippen LogP contribution is -2.24. The second-order valence-electron chi connectivity index (χ2n) is 3.49. The molecule has 0 aliphatic carbocycles. The molecule has 1 aromatic carbocycles. The first-order chi connectivity index (χ1) is 8.22. The van der Waals surface area contributed by atoms with Crippen LogP contribution in [0.15, 0.2) is 35.3 Å². The summed E-state index contributed by atoms with van der Waals surface area (Å²) in [5.41, 5.74) is -0.173. The Morgan fingerprint density at radius 2 is 2.18 bits per heavy atom. The van der Waals surface area contributed by atoms with Crippen molar-refractivity contribution in [1.29, 1.82) is 0 Å². The number of nitrogens with one attached hydrogen (secondary N) is 2. The molecule has 5 nitrogen and oxygen atoms in total. The number of likely N-dealkylation sites (N-methyl/N-ethyl adjacent to an activating group) is 1. The molecule has 1 aromatic heterocycles. The van der Waals surface area contributed by atoms with Crippen LogP contribution in [0.5, 0.6) is 5.75 Å². The van der Waals surface area contributed by atoms with Gasteiger partial charge in [-0.3, -0.25) is 9.59 Å². The minimum Gasteiger partial charge on any atom is -0.483 e. The lowest BCUT2D eigenvalue weighted by Gasteiger charge is -2.07. The minimum atomic E-state index is -0.216. The summed E-state index contributed by atoms with van der Waals surface area (Å²) in [6.07, 6.45) is 1.55. The van der Waals surface area contributed by atoms with Gasteiger partial charge in [-0.2, -0.15) is 0 Å². The maximum absolute atomic E-state index is 11.5. The van der Waals surface area contributed by atoms with Crippen LogP contribution in [0.3, 0.4) is 0 Å². The van der Waals surface area contributed by atoms with Gasteiger partial charge in [-0.05, 0) is 18.2 Å². The molecular formula is C12H12N2O3. The Morgan fingerprint density at radius 1 is 1.35 bits per heavy atom. The molecule has 1 heterocycles. The highest BCUT2D eigenvalue weighted by Crippen LogP contribution is 2.22. The molecule has 17 heavy (non-hydrogen) atoms. The number of ether oxygens (including phenoxy) is 1. The number of pyridine rings is 1. The van der Waals surface area contributed by atoms with E-state index in [1.165, 1.54) is 0 Å². The van der Waals surface area contributed by atoms with Gasteiger partial charge in [0, 0.05) is 18.6 Å². The first-order valence-electron chi connectivity index (χ1n) is 5.16. The maximum Gasteiger partial charge on any atom is 0.257 e. The number of H-pyrrole nitrogens is 1. The summed E-state index contributed by atoms with van der Waals surface area (Å²) in [7, 11) is 1.54. The van der Waals surface area contributed by atoms with Crippen LogP contribution in [0.4, 0.5) is 0 Å². The fourth-order valence-corrected chi connectivity index (χ4v) is 1.53. The zero-order valence-electron chi connectivity index (χ0n) is 9.32. The summed E-state index contributed by atoms with van der Waals surface area (Å²) in [5.74, 6) is 0.309. The predicted octanol–water partition coefficient (Wildman–Crippen LogP) is 0.653. The Hall–Kier alpha value is -2.30. The normalized spacial score (nSPS) is 10.2. The molecule has 0 bridgehead atoms. The third-order valence-electron chi connectivity index (χ3n) is 2.41. The fraction of sp³-hybridized carbons (Fsp3) is 0.167. The molecule has 0 fully saturated rings. The Balaban J connectivity index is 2.38. The number of hydrogen-bond donors (Lipinski definition) is 2. The SMILES string of the molecule is CNC(=O)COc1cccc2c(=O)[nH]ccc12. The number of aromatic amines is 1. The maximum atomic E-state index is 11.5. The highest BCUT2D eigenvalue weighted by atomic mass is 16.5. The van der Waals surface area contributed by atoms with E-state index in [-0.39, 0.29) is 18.1 Å². The third-order valence-corrected chi connectivity index (χ3v) is 2.41. The zero-order valence-corrected chi connectivity index (χ0v) is 9.32. The van der Waals surface area contributed by atoms with Crippen molar-refractivity contribution >= 4 is 16.7 Å². The van der Waals surface area contributed by atoms with Crippen molar-refractivity contribution in [3.63, 3.8) is 0 Å². The molecule has 2 rings (SSSR count). The van der Waals surface area contributed by atoms with E-state index >= 15 is 0 Å². The lowest BCUT2D eigenvalue weighted by atomic mass is 10.1. The molecule has 0 aliphatic heterocycles. The van der Waals surface area contributed by atoms with E-state index in [0.29, 0.717) is 16.5 Å². The first-order valence-corrected chi connectivity index (χ1v) is 5.16. The smallest absolute Gasteiger partial charge is 0.257 e. The number of amides is 1. The van der Waals surface area contributed by atoms with Crippen LogP contribution in [-0.2, 0) is 4.79 Å². The Bertz CT molecular complexity index is 604. The number of aromatic nitrogens is 1. The second kappa shape index (κ2) is 4.69. The van der Waals surface area contributed by atoms with Crippen molar-refractivity contribution in [3.8, 4) is 5.75 Å². The lowest BCUT2D eigenvalue weighted by molar-refractivity contribution is -0.122. The van der Waals surface area contributed by atoms with Crippen LogP contribution in [0, 0.1) is 0 Å². The average molecular weight is 232 g/mol. The number of carbonyl (C=O) groups is 1. The van der Waals surface area contributed by atoms with E-state index in [9.17, 15) is 9.59 Å². The molecule has 0 radical (unpaired) electrons. The molecule has 0 saturated carbocycles. The van der Waals surface area contributed by atoms with Crippen LogP contribution >= 0.6 is 0 Å². The van der Waals surface area contributed by atoms with Crippen molar-refractivity contribution in [3.05, 3.63) is 40.8 Å². The van der Waals surface area contributed by atoms with Crippen molar-refractivity contribution < 1.29 is 9.53 Å². The largest absolute Gasteiger partial charge is 0.483 e. The van der Waals surface area contributed by atoms with Gasteiger partial charge in [0.25, 0.3) is 11.5 Å². The second-order valence-corrected chi connectivity index (χ2v) is 3.49. The summed E-state index contributed by atoms with van der Waals surface area (Å²) in [4.78, 5) is 25.2. The summed E-state index contributed by atoms with van der Waals surface area (Å²) in [6, 6.07) is 6.90. The summed E-state index contributed by atoms with van der Waals surface area (Å²) in [6.45, 7) is -0.0671. The molecule has 0 aliphatic rings. The van der Waals surface area contributed by atoms with E-state index in [4.69, 9.17) is 4.74 Å². The Labute approximate surface area is 97.4 Å². The van der Waals surface area contributed by atoms with Crippen molar-refractivity contribution in [2.24, 2.45) is 0 Å². The number of rotatable bonds is 3. The van der Waals surface area contributed by atoms with Crippen LogP contribution in [0.1, 0.15) is 0 Å². The van der Waals surface area contributed by atoms with Crippen molar-refractivity contribution in [2.75, 3.05) is 13.7 Å². The highest BCUT2D eigenvalue weighted by molar-refractivity contribution is 5.87. The topological polar surface area (TPSA) is 71.2 Å². The molecular weight excluding hydrogens is 220 g/mol. The molecule has 1 amide bonds. The van der Waals surface area contributed by atoms with Gasteiger partial charge in [0.05, 0.1) is 5.39 Å². The molecule has 2 aromatic rings. The number of fused-ring (bicyclic) bond motifs is 1. The quantitative estimate of drug-likeness (QED) is 0.816.